The van der Waals surface area contributed by atoms with Crippen molar-refractivity contribution in [3.8, 4) is 0 Å². The zero-order valence-electron chi connectivity index (χ0n) is 10.8. The average molecular weight is 376 g/mol. The molecule has 0 saturated carbocycles. The van der Waals surface area contributed by atoms with Crippen molar-refractivity contribution in [2.75, 3.05) is 4.72 Å². The SMILES string of the molecule is CCc1ccc(NS(=O)(=O)c2cc(CO)sc2Br)cc1. The van der Waals surface area contributed by atoms with Crippen LogP contribution in [0.3, 0.4) is 0 Å². The highest BCUT2D eigenvalue weighted by Gasteiger charge is 2.20. The first-order valence-corrected chi connectivity index (χ1v) is 9.06. The molecule has 2 rings (SSSR count). The van der Waals surface area contributed by atoms with Crippen molar-refractivity contribution in [3.05, 3.63) is 44.6 Å². The van der Waals surface area contributed by atoms with Gasteiger partial charge in [0.25, 0.3) is 10.0 Å². The van der Waals surface area contributed by atoms with Gasteiger partial charge in [0.15, 0.2) is 0 Å². The summed E-state index contributed by atoms with van der Waals surface area (Å²) < 4.78 is 27.6. The maximum Gasteiger partial charge on any atom is 0.263 e. The van der Waals surface area contributed by atoms with Gasteiger partial charge in [-0.15, -0.1) is 11.3 Å². The van der Waals surface area contributed by atoms with Crippen molar-refractivity contribution in [2.24, 2.45) is 0 Å². The predicted octanol–water partition coefficient (Wildman–Crippen LogP) is 3.37. The van der Waals surface area contributed by atoms with Crippen LogP contribution in [0.25, 0.3) is 0 Å². The lowest BCUT2D eigenvalue weighted by Crippen LogP contribution is -2.12. The number of hydrogen-bond donors (Lipinski definition) is 2. The van der Waals surface area contributed by atoms with E-state index >= 15 is 0 Å². The number of halogens is 1. The van der Waals surface area contributed by atoms with Crippen molar-refractivity contribution in [2.45, 2.75) is 24.8 Å². The number of thiophene rings is 1. The summed E-state index contributed by atoms with van der Waals surface area (Å²) in [5, 5.41) is 9.06. The van der Waals surface area contributed by atoms with Gasteiger partial charge in [-0.1, -0.05) is 19.1 Å². The number of hydrogen-bond acceptors (Lipinski definition) is 4. The molecular weight excluding hydrogens is 362 g/mol. The number of benzene rings is 1. The summed E-state index contributed by atoms with van der Waals surface area (Å²) in [4.78, 5) is 0.740. The van der Waals surface area contributed by atoms with Gasteiger partial charge in [-0.3, -0.25) is 4.72 Å². The maximum absolute atomic E-state index is 12.3. The Bertz CT molecular complexity index is 693. The molecule has 0 aliphatic heterocycles. The highest BCUT2D eigenvalue weighted by molar-refractivity contribution is 9.11. The van der Waals surface area contributed by atoms with Crippen molar-refractivity contribution in [3.63, 3.8) is 0 Å². The molecule has 2 aromatic rings. The molecule has 2 N–H and O–H groups in total. The molecule has 0 radical (unpaired) electrons. The van der Waals surface area contributed by atoms with E-state index in [1.807, 2.05) is 19.1 Å². The van der Waals surface area contributed by atoms with Crippen LogP contribution in [0.1, 0.15) is 17.4 Å². The molecule has 1 aromatic carbocycles. The first-order chi connectivity index (χ1) is 9.46. The van der Waals surface area contributed by atoms with Gasteiger partial charge in [-0.2, -0.15) is 0 Å². The third-order valence-electron chi connectivity index (χ3n) is 2.77. The summed E-state index contributed by atoms with van der Waals surface area (Å²) in [5.41, 5.74) is 1.66. The molecular formula is C13H14BrNO3S2. The summed E-state index contributed by atoms with van der Waals surface area (Å²) in [6.45, 7) is 1.86. The van der Waals surface area contributed by atoms with E-state index in [9.17, 15) is 8.42 Å². The van der Waals surface area contributed by atoms with Crippen molar-refractivity contribution < 1.29 is 13.5 Å². The molecule has 0 unspecified atom stereocenters. The predicted molar refractivity (Wildman–Crippen MR) is 84.6 cm³/mol. The number of aliphatic hydroxyl groups excluding tert-OH is 1. The summed E-state index contributed by atoms with van der Waals surface area (Å²) in [5.74, 6) is 0. The fourth-order valence-corrected chi connectivity index (χ4v) is 5.28. The van der Waals surface area contributed by atoms with Gasteiger partial charge in [0.2, 0.25) is 0 Å². The van der Waals surface area contributed by atoms with Gasteiger partial charge in [0.1, 0.15) is 4.90 Å². The molecule has 1 aromatic heterocycles. The second kappa shape index (κ2) is 6.26. The molecule has 0 amide bonds. The first kappa shape index (κ1) is 15.5. The first-order valence-electron chi connectivity index (χ1n) is 5.97. The van der Waals surface area contributed by atoms with E-state index in [0.717, 1.165) is 12.0 Å². The summed E-state index contributed by atoms with van der Waals surface area (Å²) in [6, 6.07) is 8.73. The van der Waals surface area contributed by atoms with Gasteiger partial charge >= 0.3 is 0 Å². The van der Waals surface area contributed by atoms with Gasteiger partial charge in [0.05, 0.1) is 10.4 Å². The summed E-state index contributed by atoms with van der Waals surface area (Å²) in [7, 11) is -3.65. The Kier molecular flexibility index (Phi) is 4.85. The van der Waals surface area contributed by atoms with E-state index in [1.165, 1.54) is 17.4 Å². The second-order valence-corrected chi connectivity index (χ2v) is 8.27. The minimum absolute atomic E-state index is 0.145. The highest BCUT2D eigenvalue weighted by Crippen LogP contribution is 2.32. The fraction of sp³-hybridized carbons (Fsp3) is 0.231. The van der Waals surface area contributed by atoms with Gasteiger partial charge in [-0.05, 0) is 46.1 Å². The Labute approximate surface area is 130 Å². The Morgan fingerprint density at radius 2 is 1.95 bits per heavy atom. The number of aliphatic hydroxyl groups is 1. The van der Waals surface area contributed by atoms with E-state index in [2.05, 4.69) is 20.7 Å². The van der Waals surface area contributed by atoms with Crippen molar-refractivity contribution >= 4 is 43.0 Å². The number of nitrogens with one attached hydrogen (secondary N) is 1. The van der Waals surface area contributed by atoms with Crippen LogP contribution in [0.5, 0.6) is 0 Å². The van der Waals surface area contributed by atoms with E-state index in [-0.39, 0.29) is 11.5 Å². The van der Waals surface area contributed by atoms with E-state index in [1.54, 1.807) is 12.1 Å². The largest absolute Gasteiger partial charge is 0.391 e. The standard InChI is InChI=1S/C13H14BrNO3S2/c1-2-9-3-5-10(6-4-9)15-20(17,18)12-7-11(8-16)19-13(12)14/h3-7,15-16H,2,8H2,1H3. The Morgan fingerprint density at radius 1 is 1.30 bits per heavy atom. The van der Waals surface area contributed by atoms with Crippen molar-refractivity contribution in [1.82, 2.24) is 0 Å². The highest BCUT2D eigenvalue weighted by atomic mass is 79.9. The maximum atomic E-state index is 12.3. The molecule has 0 atom stereocenters. The van der Waals surface area contributed by atoms with E-state index in [0.29, 0.717) is 14.4 Å². The van der Waals surface area contributed by atoms with Crippen LogP contribution in [0.2, 0.25) is 0 Å². The van der Waals surface area contributed by atoms with Gasteiger partial charge in [0, 0.05) is 10.6 Å². The Hall–Kier alpha value is -0.890. The number of anilines is 1. The van der Waals surface area contributed by atoms with Crippen LogP contribution < -0.4 is 4.72 Å². The zero-order chi connectivity index (χ0) is 14.8. The lowest BCUT2D eigenvalue weighted by molar-refractivity contribution is 0.285. The molecule has 0 saturated heterocycles. The molecule has 0 aliphatic carbocycles. The molecule has 0 bridgehead atoms. The molecule has 0 aliphatic rings. The van der Waals surface area contributed by atoms with Crippen LogP contribution in [0.15, 0.2) is 39.0 Å². The molecule has 108 valence electrons. The Balaban J connectivity index is 2.27. The number of aryl methyl sites for hydroxylation is 1. The monoisotopic (exact) mass is 375 g/mol. The molecule has 7 heteroatoms. The molecule has 4 nitrogen and oxygen atoms in total. The molecule has 0 spiro atoms. The lowest BCUT2D eigenvalue weighted by atomic mass is 10.2. The summed E-state index contributed by atoms with van der Waals surface area (Å²) >= 11 is 4.42. The average Bonchev–Trinajstić information content (AvgIpc) is 2.81. The number of sulfonamides is 1. The van der Waals surface area contributed by atoms with Crippen LogP contribution in [-0.4, -0.2) is 13.5 Å². The van der Waals surface area contributed by atoms with Gasteiger partial charge in [-0.25, -0.2) is 8.42 Å². The topological polar surface area (TPSA) is 66.4 Å². The third kappa shape index (κ3) is 3.41. The van der Waals surface area contributed by atoms with E-state index in [4.69, 9.17) is 5.11 Å². The normalized spacial score (nSPS) is 11.6. The minimum Gasteiger partial charge on any atom is -0.391 e. The van der Waals surface area contributed by atoms with Crippen LogP contribution in [0.4, 0.5) is 5.69 Å². The number of rotatable bonds is 5. The lowest BCUT2D eigenvalue weighted by Gasteiger charge is -2.07. The van der Waals surface area contributed by atoms with Crippen LogP contribution in [0, 0.1) is 0 Å². The zero-order valence-corrected chi connectivity index (χ0v) is 14.0. The molecule has 0 fully saturated rings. The van der Waals surface area contributed by atoms with Crippen LogP contribution in [-0.2, 0) is 23.1 Å². The molecule has 1 heterocycles. The third-order valence-corrected chi connectivity index (χ3v) is 6.38. The quantitative estimate of drug-likeness (QED) is 0.841. The second-order valence-electron chi connectivity index (χ2n) is 4.16. The van der Waals surface area contributed by atoms with Crippen LogP contribution >= 0.6 is 27.3 Å². The minimum atomic E-state index is -3.65. The summed E-state index contributed by atoms with van der Waals surface area (Å²) in [6.07, 6.45) is 0.906. The fourth-order valence-electron chi connectivity index (χ4n) is 1.68. The Morgan fingerprint density at radius 3 is 2.45 bits per heavy atom. The van der Waals surface area contributed by atoms with Crippen molar-refractivity contribution in [1.29, 1.82) is 0 Å². The molecule has 20 heavy (non-hydrogen) atoms. The van der Waals surface area contributed by atoms with E-state index < -0.39 is 10.0 Å². The smallest absolute Gasteiger partial charge is 0.263 e. The van der Waals surface area contributed by atoms with Gasteiger partial charge < -0.3 is 5.11 Å².